The topological polar surface area (TPSA) is 86.7 Å². The van der Waals surface area contributed by atoms with Gasteiger partial charge in [0, 0.05) is 24.7 Å². The van der Waals surface area contributed by atoms with Crippen molar-refractivity contribution >= 4 is 23.5 Å². The minimum Gasteiger partial charge on any atom is -0.478 e. The van der Waals surface area contributed by atoms with Crippen LogP contribution in [0, 0.1) is 25.7 Å². The molecule has 1 saturated heterocycles. The molecule has 2 unspecified atom stereocenters. The van der Waals surface area contributed by atoms with Crippen molar-refractivity contribution in [1.29, 1.82) is 0 Å². The maximum Gasteiger partial charge on any atom is 0.336 e. The number of aryl methyl sites for hydroxylation is 2. The van der Waals surface area contributed by atoms with E-state index in [1.807, 2.05) is 20.8 Å². The Morgan fingerprint density at radius 3 is 2.58 bits per heavy atom. The van der Waals surface area contributed by atoms with Gasteiger partial charge in [-0.1, -0.05) is 19.9 Å². The average molecular weight is 360 g/mol. The van der Waals surface area contributed by atoms with Gasteiger partial charge in [-0.15, -0.1) is 0 Å². The molecule has 1 aliphatic rings. The Balaban J connectivity index is 2.11. The zero-order valence-electron chi connectivity index (χ0n) is 16.0. The number of nitrogens with one attached hydrogen (secondary N) is 1. The number of nitrogens with zero attached hydrogens (tertiary/aromatic N) is 1. The van der Waals surface area contributed by atoms with Gasteiger partial charge in [0.05, 0.1) is 11.5 Å². The van der Waals surface area contributed by atoms with Gasteiger partial charge in [-0.2, -0.15) is 0 Å². The van der Waals surface area contributed by atoms with Crippen LogP contribution in [0.25, 0.3) is 0 Å². The van der Waals surface area contributed by atoms with Gasteiger partial charge in [-0.3, -0.25) is 9.59 Å². The predicted molar refractivity (Wildman–Crippen MR) is 100 cm³/mol. The van der Waals surface area contributed by atoms with Gasteiger partial charge in [0.15, 0.2) is 0 Å². The summed E-state index contributed by atoms with van der Waals surface area (Å²) >= 11 is 0. The number of aromatic carboxylic acids is 1. The van der Waals surface area contributed by atoms with Crippen molar-refractivity contribution in [2.45, 2.75) is 47.0 Å². The largest absolute Gasteiger partial charge is 0.478 e. The summed E-state index contributed by atoms with van der Waals surface area (Å²) in [7, 11) is 0. The highest BCUT2D eigenvalue weighted by Crippen LogP contribution is 2.24. The van der Waals surface area contributed by atoms with Gasteiger partial charge >= 0.3 is 5.97 Å². The summed E-state index contributed by atoms with van der Waals surface area (Å²) < 4.78 is 0. The second-order valence-electron chi connectivity index (χ2n) is 7.21. The van der Waals surface area contributed by atoms with Gasteiger partial charge in [0.1, 0.15) is 0 Å². The molecule has 0 saturated carbocycles. The first-order valence-electron chi connectivity index (χ1n) is 9.18. The fourth-order valence-corrected chi connectivity index (χ4v) is 3.33. The van der Waals surface area contributed by atoms with Crippen LogP contribution in [-0.2, 0) is 9.59 Å². The number of rotatable bonds is 5. The maximum absolute atomic E-state index is 12.7. The van der Waals surface area contributed by atoms with Crippen LogP contribution >= 0.6 is 0 Å². The van der Waals surface area contributed by atoms with E-state index in [0.29, 0.717) is 24.3 Å². The lowest BCUT2D eigenvalue weighted by Crippen LogP contribution is -2.45. The van der Waals surface area contributed by atoms with E-state index in [9.17, 15) is 19.5 Å². The molecule has 6 nitrogen and oxygen atoms in total. The molecule has 2 rings (SSSR count). The number of hydrogen-bond donors (Lipinski definition) is 2. The zero-order chi connectivity index (χ0) is 19.4. The molecule has 2 amide bonds. The fourth-order valence-electron chi connectivity index (χ4n) is 3.33. The molecule has 2 atom stereocenters. The average Bonchev–Trinajstić information content (AvgIpc) is 2.62. The molecule has 0 bridgehead atoms. The lowest BCUT2D eigenvalue weighted by molar-refractivity contribution is -0.138. The highest BCUT2D eigenvalue weighted by atomic mass is 16.4. The van der Waals surface area contributed by atoms with Crippen molar-refractivity contribution in [2.75, 3.05) is 18.4 Å². The Bertz CT molecular complexity index is 714. The van der Waals surface area contributed by atoms with Gasteiger partial charge < -0.3 is 15.3 Å². The fraction of sp³-hybridized carbons (Fsp3) is 0.550. The summed E-state index contributed by atoms with van der Waals surface area (Å²) in [5, 5.41) is 12.1. The Morgan fingerprint density at radius 1 is 1.27 bits per heavy atom. The molecule has 1 aromatic carbocycles. The van der Waals surface area contributed by atoms with Crippen LogP contribution < -0.4 is 5.32 Å². The van der Waals surface area contributed by atoms with Crippen LogP contribution in [-0.4, -0.2) is 40.9 Å². The Morgan fingerprint density at radius 2 is 1.96 bits per heavy atom. The van der Waals surface area contributed by atoms with Crippen molar-refractivity contribution < 1.29 is 19.5 Å². The zero-order valence-corrected chi connectivity index (χ0v) is 16.0. The monoisotopic (exact) mass is 360 g/mol. The molecular weight excluding hydrogens is 332 g/mol. The number of carbonyl (C=O) groups is 3. The van der Waals surface area contributed by atoms with E-state index in [-0.39, 0.29) is 29.2 Å². The summed E-state index contributed by atoms with van der Waals surface area (Å²) in [5.41, 5.74) is 2.19. The number of hydrogen-bond acceptors (Lipinski definition) is 3. The molecule has 0 radical (unpaired) electrons. The lowest BCUT2D eigenvalue weighted by atomic mass is 9.95. The number of carboxylic acids is 1. The van der Waals surface area contributed by atoms with E-state index in [1.165, 1.54) is 6.07 Å². The number of likely N-dealkylation sites (tertiary alicyclic amines) is 1. The Hall–Kier alpha value is -2.37. The first-order valence-corrected chi connectivity index (χ1v) is 9.18. The SMILES string of the molecule is CCC(C)C(=O)N1CCCC(C(=O)Nc2cc(C(=O)O)c(C)cc2C)C1. The van der Waals surface area contributed by atoms with Gasteiger partial charge in [0.25, 0.3) is 0 Å². The molecular formula is C20H28N2O4. The third-order valence-corrected chi connectivity index (χ3v) is 5.20. The van der Waals surface area contributed by atoms with Crippen molar-refractivity contribution in [2.24, 2.45) is 11.8 Å². The van der Waals surface area contributed by atoms with Gasteiger partial charge in [-0.25, -0.2) is 4.79 Å². The third-order valence-electron chi connectivity index (χ3n) is 5.20. The van der Waals surface area contributed by atoms with E-state index in [1.54, 1.807) is 17.9 Å². The molecule has 1 fully saturated rings. The first kappa shape index (κ1) is 19.9. The quantitative estimate of drug-likeness (QED) is 0.844. The van der Waals surface area contributed by atoms with Crippen molar-refractivity contribution in [3.05, 3.63) is 28.8 Å². The van der Waals surface area contributed by atoms with Crippen LogP contribution in [0.15, 0.2) is 12.1 Å². The molecule has 2 N–H and O–H groups in total. The molecule has 1 aromatic rings. The van der Waals surface area contributed by atoms with Crippen LogP contribution in [0.2, 0.25) is 0 Å². The number of carboxylic acid groups (broad SMARTS) is 1. The molecule has 0 aromatic heterocycles. The molecule has 0 aliphatic carbocycles. The number of anilines is 1. The maximum atomic E-state index is 12.7. The normalized spacial score (nSPS) is 18.3. The van der Waals surface area contributed by atoms with Crippen molar-refractivity contribution in [3.8, 4) is 0 Å². The second-order valence-corrected chi connectivity index (χ2v) is 7.21. The first-order chi connectivity index (χ1) is 12.2. The molecule has 142 valence electrons. The van der Waals surface area contributed by atoms with Crippen LogP contribution in [0.4, 0.5) is 5.69 Å². The van der Waals surface area contributed by atoms with Gasteiger partial charge in [-0.05, 0) is 50.3 Å². The Labute approximate surface area is 154 Å². The van der Waals surface area contributed by atoms with Gasteiger partial charge in [0.2, 0.25) is 11.8 Å². The minimum atomic E-state index is -1.01. The lowest BCUT2D eigenvalue weighted by Gasteiger charge is -2.33. The highest BCUT2D eigenvalue weighted by Gasteiger charge is 2.30. The van der Waals surface area contributed by atoms with Crippen molar-refractivity contribution in [1.82, 2.24) is 4.90 Å². The predicted octanol–water partition coefficient (Wildman–Crippen LogP) is 3.22. The molecule has 1 aliphatic heterocycles. The van der Waals surface area contributed by atoms with E-state index in [2.05, 4.69) is 5.32 Å². The molecule has 26 heavy (non-hydrogen) atoms. The van der Waals surface area contributed by atoms with E-state index in [4.69, 9.17) is 0 Å². The van der Waals surface area contributed by atoms with E-state index < -0.39 is 5.97 Å². The number of benzene rings is 1. The third kappa shape index (κ3) is 4.42. The summed E-state index contributed by atoms with van der Waals surface area (Å²) in [6.07, 6.45) is 2.31. The second kappa shape index (κ2) is 8.34. The summed E-state index contributed by atoms with van der Waals surface area (Å²) in [5.74, 6) is -1.37. The summed E-state index contributed by atoms with van der Waals surface area (Å²) in [6, 6.07) is 3.27. The standard InChI is InChI=1S/C20H28N2O4/c1-5-12(2)19(24)22-8-6-7-15(11-22)18(23)21-17-10-16(20(25)26)13(3)9-14(17)4/h9-10,12,15H,5-8,11H2,1-4H3,(H,21,23)(H,25,26). The highest BCUT2D eigenvalue weighted by molar-refractivity contribution is 5.97. The van der Waals surface area contributed by atoms with Crippen LogP contribution in [0.1, 0.15) is 54.6 Å². The molecule has 1 heterocycles. The summed E-state index contributed by atoms with van der Waals surface area (Å²) in [6.45, 7) is 8.59. The molecule has 6 heteroatoms. The van der Waals surface area contributed by atoms with Crippen LogP contribution in [0.3, 0.4) is 0 Å². The molecule has 0 spiro atoms. The number of piperidine rings is 1. The number of amides is 2. The smallest absolute Gasteiger partial charge is 0.336 e. The van der Waals surface area contributed by atoms with Crippen molar-refractivity contribution in [3.63, 3.8) is 0 Å². The minimum absolute atomic E-state index is 0.0331. The Kier molecular flexibility index (Phi) is 6.40. The number of carbonyl (C=O) groups excluding carboxylic acids is 2. The summed E-state index contributed by atoms with van der Waals surface area (Å²) in [4.78, 5) is 38.2. The van der Waals surface area contributed by atoms with E-state index >= 15 is 0 Å². The van der Waals surface area contributed by atoms with Crippen LogP contribution in [0.5, 0.6) is 0 Å². The van der Waals surface area contributed by atoms with E-state index in [0.717, 1.165) is 24.8 Å².